The second-order valence-electron chi connectivity index (χ2n) is 21.0. The standard InChI is InChI=1S/C63H113N2O6P/c1-6-8-10-12-14-16-18-20-22-23-24-25-26-27-28-29-30-31-32-33-34-35-36-37-38-39-40-41-43-45-47-49-51-53-55-57-63(67)64-61(60-71-72(68,69)70-59-58-65(3,4)5)62(66)56-54-52-50-48-46-44-42-21-19-17-15-13-11-9-7-2/h8,10,14,16,19-22,24-25,27-28,46,48,54,56,61-62,66H,6-7,9,11-13,15,17-18,23,26,29-45,47,49-53,55,57-60H2,1-5H3,(H-,64,67,68,69)/p+1/b10-8-,16-14-,21-19+,22-20-,25-24-,28-27-,48-46+,56-54+. The van der Waals surface area contributed by atoms with Crippen LogP contribution in [-0.2, 0) is 18.4 Å². The van der Waals surface area contributed by atoms with Gasteiger partial charge in [0.25, 0.3) is 0 Å². The molecule has 416 valence electrons. The van der Waals surface area contributed by atoms with Gasteiger partial charge in [-0.15, -0.1) is 0 Å². The minimum atomic E-state index is -4.36. The van der Waals surface area contributed by atoms with Crippen molar-refractivity contribution in [3.63, 3.8) is 0 Å². The number of quaternary nitrogens is 1. The Morgan fingerprint density at radius 3 is 1.28 bits per heavy atom. The third-order valence-electron chi connectivity index (χ3n) is 12.8. The highest BCUT2D eigenvalue weighted by Gasteiger charge is 2.27. The normalized spacial score (nSPS) is 14.6. The van der Waals surface area contributed by atoms with Crippen molar-refractivity contribution in [1.82, 2.24) is 5.32 Å². The molecule has 0 saturated heterocycles. The van der Waals surface area contributed by atoms with Gasteiger partial charge in [0, 0.05) is 6.42 Å². The summed E-state index contributed by atoms with van der Waals surface area (Å²) in [5, 5.41) is 13.9. The summed E-state index contributed by atoms with van der Waals surface area (Å²) in [4.78, 5) is 23.3. The highest BCUT2D eigenvalue weighted by molar-refractivity contribution is 7.47. The fourth-order valence-electron chi connectivity index (χ4n) is 8.16. The molecule has 0 heterocycles. The Kier molecular flexibility index (Phi) is 51.3. The summed E-state index contributed by atoms with van der Waals surface area (Å²) >= 11 is 0. The molecule has 0 radical (unpaired) electrons. The van der Waals surface area contributed by atoms with Crippen molar-refractivity contribution < 1.29 is 32.9 Å². The Labute approximate surface area is 445 Å². The fraction of sp³-hybridized carbons (Fsp3) is 0.730. The number of unbranched alkanes of at least 4 members (excludes halogenated alkanes) is 26. The van der Waals surface area contributed by atoms with E-state index < -0.39 is 20.0 Å². The van der Waals surface area contributed by atoms with Crippen LogP contribution >= 0.6 is 7.82 Å². The first-order valence-electron chi connectivity index (χ1n) is 29.6. The summed E-state index contributed by atoms with van der Waals surface area (Å²) in [6.07, 6.45) is 76.7. The summed E-state index contributed by atoms with van der Waals surface area (Å²) in [6, 6.07) is -0.873. The van der Waals surface area contributed by atoms with Crippen molar-refractivity contribution >= 4 is 13.7 Å². The molecule has 72 heavy (non-hydrogen) atoms. The van der Waals surface area contributed by atoms with Gasteiger partial charge in [0.15, 0.2) is 0 Å². The number of allylic oxidation sites excluding steroid dienone is 15. The van der Waals surface area contributed by atoms with Crippen LogP contribution in [0, 0.1) is 0 Å². The topological polar surface area (TPSA) is 105 Å². The van der Waals surface area contributed by atoms with Crippen molar-refractivity contribution in [2.24, 2.45) is 0 Å². The summed E-state index contributed by atoms with van der Waals surface area (Å²) < 4.78 is 23.7. The van der Waals surface area contributed by atoms with Crippen LogP contribution < -0.4 is 5.32 Å². The van der Waals surface area contributed by atoms with E-state index in [1.807, 2.05) is 27.2 Å². The zero-order valence-corrected chi connectivity index (χ0v) is 48.3. The lowest BCUT2D eigenvalue weighted by molar-refractivity contribution is -0.870. The first-order valence-corrected chi connectivity index (χ1v) is 31.1. The van der Waals surface area contributed by atoms with Crippen molar-refractivity contribution in [3.05, 3.63) is 97.2 Å². The molecule has 0 fully saturated rings. The Balaban J connectivity index is 4.07. The predicted molar refractivity (Wildman–Crippen MR) is 313 cm³/mol. The van der Waals surface area contributed by atoms with Crippen molar-refractivity contribution in [1.29, 1.82) is 0 Å². The molecule has 0 saturated carbocycles. The molecule has 0 aromatic heterocycles. The number of amides is 1. The SMILES string of the molecule is CC/C=C\C/C=C\C/C=C\C/C=C\C/C=C\CCCCCCCCCCCCCCCCCCCCCC(=O)NC(COP(=O)(O)OCC[N+](C)(C)C)C(O)/C=C/CC/C=C/CC/C=C/CCCCCCC. The minimum absolute atomic E-state index is 0.0511. The molecule has 3 N–H and O–H groups in total. The molecule has 0 bridgehead atoms. The van der Waals surface area contributed by atoms with E-state index >= 15 is 0 Å². The second kappa shape index (κ2) is 53.3. The molecule has 0 aliphatic carbocycles. The van der Waals surface area contributed by atoms with E-state index in [1.165, 1.54) is 148 Å². The Morgan fingerprint density at radius 2 is 0.847 bits per heavy atom. The third-order valence-corrected chi connectivity index (χ3v) is 13.7. The first-order chi connectivity index (χ1) is 35.0. The Morgan fingerprint density at radius 1 is 0.486 bits per heavy atom. The van der Waals surface area contributed by atoms with Gasteiger partial charge in [-0.1, -0.05) is 246 Å². The summed E-state index contributed by atoms with van der Waals surface area (Å²) in [5.74, 6) is -0.192. The highest BCUT2D eigenvalue weighted by Crippen LogP contribution is 2.43. The van der Waals surface area contributed by atoms with Gasteiger partial charge >= 0.3 is 7.82 Å². The van der Waals surface area contributed by atoms with Crippen LogP contribution in [0.2, 0.25) is 0 Å². The van der Waals surface area contributed by atoms with E-state index in [-0.39, 0.29) is 19.1 Å². The Hall–Kier alpha value is -2.58. The zero-order chi connectivity index (χ0) is 52.7. The van der Waals surface area contributed by atoms with E-state index in [1.54, 1.807) is 6.08 Å². The van der Waals surface area contributed by atoms with E-state index in [0.717, 1.165) is 77.0 Å². The molecule has 0 rings (SSSR count). The molecule has 1 amide bonds. The van der Waals surface area contributed by atoms with Crippen molar-refractivity contribution in [2.45, 2.75) is 257 Å². The minimum Gasteiger partial charge on any atom is -0.387 e. The van der Waals surface area contributed by atoms with Crippen molar-refractivity contribution in [2.75, 3.05) is 40.9 Å². The number of carbonyl (C=O) groups excluding carboxylic acids is 1. The maximum atomic E-state index is 13.0. The van der Waals surface area contributed by atoms with Gasteiger partial charge in [0.2, 0.25) is 5.91 Å². The second-order valence-corrected chi connectivity index (χ2v) is 22.4. The number of hydrogen-bond donors (Lipinski definition) is 3. The molecule has 0 aromatic rings. The molecular weight excluding hydrogens is 912 g/mol. The number of aliphatic hydroxyl groups excluding tert-OH is 1. The third kappa shape index (κ3) is 55.2. The molecule has 8 nitrogen and oxygen atoms in total. The molecule has 3 atom stereocenters. The maximum absolute atomic E-state index is 13.0. The van der Waals surface area contributed by atoms with E-state index in [2.05, 4.69) is 104 Å². The van der Waals surface area contributed by atoms with Crippen LogP contribution in [0.1, 0.15) is 245 Å². The average molecular weight is 1030 g/mol. The number of phosphoric ester groups is 1. The largest absolute Gasteiger partial charge is 0.472 e. The monoisotopic (exact) mass is 1030 g/mol. The smallest absolute Gasteiger partial charge is 0.387 e. The zero-order valence-electron chi connectivity index (χ0n) is 47.4. The van der Waals surface area contributed by atoms with Crippen LogP contribution in [0.4, 0.5) is 0 Å². The maximum Gasteiger partial charge on any atom is 0.472 e. The molecular formula is C63H114N2O6P+. The molecule has 9 heteroatoms. The van der Waals surface area contributed by atoms with Crippen LogP contribution in [-0.4, -0.2) is 73.4 Å². The van der Waals surface area contributed by atoms with Crippen molar-refractivity contribution in [3.8, 4) is 0 Å². The van der Waals surface area contributed by atoms with Gasteiger partial charge in [0.05, 0.1) is 39.9 Å². The molecule has 0 spiro atoms. The highest BCUT2D eigenvalue weighted by atomic mass is 31.2. The lowest BCUT2D eigenvalue weighted by Gasteiger charge is -2.25. The molecule has 0 aliphatic rings. The number of phosphoric acid groups is 1. The van der Waals surface area contributed by atoms with Crippen LogP contribution in [0.25, 0.3) is 0 Å². The van der Waals surface area contributed by atoms with Gasteiger partial charge in [0.1, 0.15) is 13.2 Å². The fourth-order valence-corrected chi connectivity index (χ4v) is 8.90. The number of nitrogens with zero attached hydrogens (tertiary/aromatic N) is 1. The lowest BCUT2D eigenvalue weighted by Crippen LogP contribution is -2.45. The number of nitrogens with one attached hydrogen (secondary N) is 1. The number of rotatable bonds is 53. The Bertz CT molecular complexity index is 1490. The quantitative estimate of drug-likeness (QED) is 0.0243. The molecule has 0 aliphatic heterocycles. The number of hydrogen-bond acceptors (Lipinski definition) is 5. The number of likely N-dealkylation sites (N-methyl/N-ethyl adjacent to an activating group) is 1. The summed E-state index contributed by atoms with van der Waals surface area (Å²) in [7, 11) is 1.54. The van der Waals surface area contributed by atoms with E-state index in [4.69, 9.17) is 9.05 Å². The summed E-state index contributed by atoms with van der Waals surface area (Å²) in [5.41, 5.74) is 0. The molecule has 0 aromatic carbocycles. The summed E-state index contributed by atoms with van der Waals surface area (Å²) in [6.45, 7) is 4.66. The number of aliphatic hydroxyl groups is 1. The van der Waals surface area contributed by atoms with Gasteiger partial charge in [-0.3, -0.25) is 13.8 Å². The van der Waals surface area contributed by atoms with Crippen LogP contribution in [0.15, 0.2) is 97.2 Å². The van der Waals surface area contributed by atoms with Crippen LogP contribution in [0.5, 0.6) is 0 Å². The van der Waals surface area contributed by atoms with E-state index in [9.17, 15) is 19.4 Å². The first kappa shape index (κ1) is 69.4. The van der Waals surface area contributed by atoms with Gasteiger partial charge in [-0.2, -0.15) is 0 Å². The predicted octanol–water partition coefficient (Wildman–Crippen LogP) is 18.2. The number of carbonyl (C=O) groups is 1. The van der Waals surface area contributed by atoms with E-state index in [0.29, 0.717) is 17.4 Å². The van der Waals surface area contributed by atoms with Gasteiger partial charge in [-0.05, 0) is 89.9 Å². The average Bonchev–Trinajstić information content (AvgIpc) is 3.34. The lowest BCUT2D eigenvalue weighted by atomic mass is 10.0. The molecule has 3 unspecified atom stereocenters. The van der Waals surface area contributed by atoms with Gasteiger partial charge < -0.3 is 19.8 Å². The van der Waals surface area contributed by atoms with Gasteiger partial charge in [-0.25, -0.2) is 4.57 Å². The van der Waals surface area contributed by atoms with Crippen LogP contribution in [0.3, 0.4) is 0 Å².